The van der Waals surface area contributed by atoms with Gasteiger partial charge in [-0.1, -0.05) is 6.07 Å². The van der Waals surface area contributed by atoms with E-state index in [1.807, 2.05) is 13.0 Å². The molecule has 0 spiro atoms. The minimum Gasteiger partial charge on any atom is -0.494 e. The minimum atomic E-state index is -0.686. The van der Waals surface area contributed by atoms with Crippen molar-refractivity contribution in [2.45, 2.75) is 26.4 Å². The van der Waals surface area contributed by atoms with Crippen LogP contribution in [0.3, 0.4) is 0 Å². The molecule has 0 amide bonds. The maximum atomic E-state index is 12.9. The molecule has 0 saturated carbocycles. The molecule has 32 heavy (non-hydrogen) atoms. The predicted octanol–water partition coefficient (Wildman–Crippen LogP) is 3.42. The summed E-state index contributed by atoms with van der Waals surface area (Å²) in [5, 5.41) is 12.3. The highest BCUT2D eigenvalue weighted by molar-refractivity contribution is 5.81. The first-order valence-corrected chi connectivity index (χ1v) is 11.1. The minimum absolute atomic E-state index is 0.295. The fourth-order valence-electron chi connectivity index (χ4n) is 3.77. The van der Waals surface area contributed by atoms with Crippen molar-refractivity contribution < 1.29 is 14.3 Å². The number of carbonyl (C=O) groups is 1. The summed E-state index contributed by atoms with van der Waals surface area (Å²) in [7, 11) is 2.14. The van der Waals surface area contributed by atoms with Crippen molar-refractivity contribution in [1.29, 1.82) is 5.26 Å². The molecule has 7 nitrogen and oxygen atoms in total. The van der Waals surface area contributed by atoms with Gasteiger partial charge in [0.1, 0.15) is 5.75 Å². The second-order valence-electron chi connectivity index (χ2n) is 7.94. The summed E-state index contributed by atoms with van der Waals surface area (Å²) in [6.07, 6.45) is 0. The van der Waals surface area contributed by atoms with Gasteiger partial charge in [0.15, 0.2) is 6.04 Å². The second kappa shape index (κ2) is 11.5. The molecule has 2 aromatic rings. The fraction of sp³-hybridized carbons (Fsp3) is 0.440. The summed E-state index contributed by atoms with van der Waals surface area (Å²) < 4.78 is 11.2. The molecule has 0 radical (unpaired) electrons. The number of ether oxygens (including phenoxy) is 2. The molecule has 1 unspecified atom stereocenters. The van der Waals surface area contributed by atoms with Crippen LogP contribution in [-0.2, 0) is 16.1 Å². The van der Waals surface area contributed by atoms with E-state index in [1.54, 1.807) is 31.2 Å². The molecule has 0 aromatic heterocycles. The number of nitriles is 1. The number of piperazine rings is 1. The van der Waals surface area contributed by atoms with Crippen LogP contribution in [-0.4, -0.2) is 62.2 Å². The molecule has 1 N–H and O–H groups in total. The summed E-state index contributed by atoms with van der Waals surface area (Å²) in [5.74, 6) is 0.390. The average Bonchev–Trinajstić information content (AvgIpc) is 2.79. The normalized spacial score (nSPS) is 15.6. The van der Waals surface area contributed by atoms with E-state index in [0.29, 0.717) is 18.8 Å². The van der Waals surface area contributed by atoms with E-state index in [2.05, 4.69) is 40.4 Å². The Morgan fingerprint density at radius 1 is 1.09 bits per heavy atom. The third-order valence-corrected chi connectivity index (χ3v) is 5.48. The van der Waals surface area contributed by atoms with Gasteiger partial charge in [-0.05, 0) is 68.4 Å². The van der Waals surface area contributed by atoms with Gasteiger partial charge in [-0.25, -0.2) is 4.79 Å². The van der Waals surface area contributed by atoms with Crippen molar-refractivity contribution in [2.75, 3.05) is 51.8 Å². The van der Waals surface area contributed by atoms with Crippen LogP contribution in [0.5, 0.6) is 5.75 Å². The van der Waals surface area contributed by atoms with Gasteiger partial charge in [0.2, 0.25) is 0 Å². The van der Waals surface area contributed by atoms with Crippen LogP contribution in [0.25, 0.3) is 0 Å². The number of rotatable bonds is 9. The van der Waals surface area contributed by atoms with Gasteiger partial charge >= 0.3 is 5.97 Å². The van der Waals surface area contributed by atoms with E-state index < -0.39 is 6.04 Å². The van der Waals surface area contributed by atoms with E-state index in [9.17, 15) is 4.79 Å². The maximum absolute atomic E-state index is 12.9. The molecule has 1 aliphatic rings. The lowest BCUT2D eigenvalue weighted by atomic mass is 10.0. The van der Waals surface area contributed by atoms with Crippen LogP contribution in [0.4, 0.5) is 5.69 Å². The lowest BCUT2D eigenvalue weighted by Crippen LogP contribution is -2.43. The number of benzene rings is 2. The highest BCUT2D eigenvalue weighted by Gasteiger charge is 2.24. The van der Waals surface area contributed by atoms with Gasteiger partial charge in [0.25, 0.3) is 0 Å². The zero-order valence-electron chi connectivity index (χ0n) is 19.1. The zero-order chi connectivity index (χ0) is 22.9. The number of nitrogens with zero attached hydrogens (tertiary/aromatic N) is 3. The number of esters is 1. The van der Waals surface area contributed by atoms with E-state index >= 15 is 0 Å². The van der Waals surface area contributed by atoms with Crippen molar-refractivity contribution >= 4 is 11.7 Å². The Balaban J connectivity index is 1.89. The second-order valence-corrected chi connectivity index (χ2v) is 7.94. The summed E-state index contributed by atoms with van der Waals surface area (Å²) in [5.41, 5.74) is 3.20. The number of nitrogens with one attached hydrogen (secondary N) is 1. The first-order valence-electron chi connectivity index (χ1n) is 11.1. The molecular formula is C25H32N4O3. The Morgan fingerprint density at radius 3 is 2.44 bits per heavy atom. The lowest BCUT2D eigenvalue weighted by Gasteiger charge is -2.32. The molecule has 1 fully saturated rings. The molecule has 2 aromatic carbocycles. The summed E-state index contributed by atoms with van der Waals surface area (Å²) >= 11 is 0. The maximum Gasteiger partial charge on any atom is 0.333 e. The molecule has 1 saturated heterocycles. The van der Waals surface area contributed by atoms with Gasteiger partial charge in [-0.2, -0.15) is 5.26 Å². The van der Waals surface area contributed by atoms with Gasteiger partial charge in [0.05, 0.1) is 24.8 Å². The topological polar surface area (TPSA) is 77.8 Å². The van der Waals surface area contributed by atoms with Gasteiger partial charge in [-0.3, -0.25) is 4.90 Å². The van der Waals surface area contributed by atoms with E-state index in [1.165, 1.54) is 0 Å². The van der Waals surface area contributed by atoms with Crippen LogP contribution in [0, 0.1) is 11.3 Å². The number of likely N-dealkylation sites (N-methyl/N-ethyl adjacent to an activating group) is 1. The third kappa shape index (κ3) is 6.46. The van der Waals surface area contributed by atoms with E-state index in [0.717, 1.165) is 55.3 Å². The molecule has 7 heteroatoms. The van der Waals surface area contributed by atoms with Crippen molar-refractivity contribution in [3.05, 3.63) is 59.2 Å². The zero-order valence-corrected chi connectivity index (χ0v) is 19.1. The molecular weight excluding hydrogens is 404 g/mol. The molecule has 0 bridgehead atoms. The summed E-state index contributed by atoms with van der Waals surface area (Å²) in [6, 6.07) is 14.5. The van der Waals surface area contributed by atoms with Crippen LogP contribution < -0.4 is 10.1 Å². The lowest BCUT2D eigenvalue weighted by molar-refractivity contribution is -0.144. The molecule has 1 heterocycles. The van der Waals surface area contributed by atoms with Crippen LogP contribution in [0.15, 0.2) is 42.5 Å². The van der Waals surface area contributed by atoms with Gasteiger partial charge in [0, 0.05) is 38.4 Å². The Hall–Kier alpha value is -3.08. The summed E-state index contributed by atoms with van der Waals surface area (Å²) in [4.78, 5) is 17.6. The van der Waals surface area contributed by atoms with Gasteiger partial charge < -0.3 is 19.7 Å². The Labute approximate surface area is 190 Å². The average molecular weight is 437 g/mol. The van der Waals surface area contributed by atoms with E-state index in [4.69, 9.17) is 14.7 Å². The number of anilines is 1. The van der Waals surface area contributed by atoms with Gasteiger partial charge in [-0.15, -0.1) is 0 Å². The number of hydrogen-bond acceptors (Lipinski definition) is 7. The molecule has 170 valence electrons. The standard InChI is InChI=1S/C25H32N4O3/c1-4-31-23-15-20(18-29-12-10-28(3)11-13-29)14-21(16-23)24(25(30)32-5-2)27-22-8-6-19(17-26)7-9-22/h6-9,14-16,24,27H,4-5,10-13,18H2,1-3H3. The van der Waals surface area contributed by atoms with Crippen LogP contribution >= 0.6 is 0 Å². The van der Waals surface area contributed by atoms with Crippen molar-refractivity contribution in [2.24, 2.45) is 0 Å². The number of hydrogen-bond donors (Lipinski definition) is 1. The quantitative estimate of drug-likeness (QED) is 0.604. The Morgan fingerprint density at radius 2 is 1.81 bits per heavy atom. The monoisotopic (exact) mass is 436 g/mol. The van der Waals surface area contributed by atoms with Crippen LogP contribution in [0.1, 0.15) is 36.6 Å². The highest BCUT2D eigenvalue weighted by Crippen LogP contribution is 2.27. The predicted molar refractivity (Wildman–Crippen MR) is 125 cm³/mol. The van der Waals surface area contributed by atoms with Crippen LogP contribution in [0.2, 0.25) is 0 Å². The molecule has 3 rings (SSSR count). The molecule has 1 atom stereocenters. The first kappa shape index (κ1) is 23.6. The third-order valence-electron chi connectivity index (χ3n) is 5.48. The fourth-order valence-corrected chi connectivity index (χ4v) is 3.77. The largest absolute Gasteiger partial charge is 0.494 e. The van der Waals surface area contributed by atoms with E-state index in [-0.39, 0.29) is 5.97 Å². The van der Waals surface area contributed by atoms with Crippen molar-refractivity contribution in [3.63, 3.8) is 0 Å². The smallest absolute Gasteiger partial charge is 0.333 e. The SMILES string of the molecule is CCOC(=O)C(Nc1ccc(C#N)cc1)c1cc(CN2CCN(C)CC2)cc(OCC)c1. The Kier molecular flexibility index (Phi) is 8.48. The number of carbonyl (C=O) groups excluding carboxylic acids is 1. The molecule has 1 aliphatic heterocycles. The summed E-state index contributed by atoms with van der Waals surface area (Å²) in [6.45, 7) is 9.50. The Bertz CT molecular complexity index is 931. The highest BCUT2D eigenvalue weighted by atomic mass is 16.5. The van der Waals surface area contributed by atoms with Crippen molar-refractivity contribution in [1.82, 2.24) is 9.80 Å². The first-order chi connectivity index (χ1) is 15.5. The van der Waals surface area contributed by atoms with Crippen molar-refractivity contribution in [3.8, 4) is 11.8 Å². The molecule has 0 aliphatic carbocycles.